The van der Waals surface area contributed by atoms with Crippen molar-refractivity contribution in [2.24, 2.45) is 11.8 Å². The van der Waals surface area contributed by atoms with Crippen LogP contribution in [0.15, 0.2) is 24.3 Å². The van der Waals surface area contributed by atoms with Crippen molar-refractivity contribution in [1.82, 2.24) is 5.32 Å². The molecule has 0 unspecified atom stereocenters. The third kappa shape index (κ3) is 2.61. The Hall–Kier alpha value is -1.88. The zero-order valence-corrected chi connectivity index (χ0v) is 11.1. The molecule has 1 aliphatic rings. The zero-order chi connectivity index (χ0) is 14.0. The summed E-state index contributed by atoms with van der Waals surface area (Å²) < 4.78 is 0. The van der Waals surface area contributed by atoms with Gasteiger partial charge in [0.15, 0.2) is 0 Å². The zero-order valence-electron chi connectivity index (χ0n) is 11.1. The van der Waals surface area contributed by atoms with Crippen molar-refractivity contribution in [3.8, 4) is 0 Å². The Balaban J connectivity index is 2.26. The number of anilines is 1. The van der Waals surface area contributed by atoms with Crippen LogP contribution in [0, 0.1) is 11.8 Å². The molecule has 0 spiro atoms. The predicted octanol–water partition coefficient (Wildman–Crippen LogP) is 1.20. The van der Waals surface area contributed by atoms with Crippen molar-refractivity contribution >= 4 is 17.6 Å². The summed E-state index contributed by atoms with van der Waals surface area (Å²) in [7, 11) is 1.63. The summed E-state index contributed by atoms with van der Waals surface area (Å²) in [5.74, 6) is -0.877. The minimum absolute atomic E-state index is 0.0359. The number of amides is 1. The van der Waals surface area contributed by atoms with Crippen LogP contribution in [0.3, 0.4) is 0 Å². The van der Waals surface area contributed by atoms with Gasteiger partial charge >= 0.3 is 5.97 Å². The summed E-state index contributed by atoms with van der Waals surface area (Å²) in [5.41, 5.74) is 0.594. The summed E-state index contributed by atoms with van der Waals surface area (Å²) in [6.07, 6.45) is 0. The summed E-state index contributed by atoms with van der Waals surface area (Å²) in [5, 5.41) is 12.3. The fourth-order valence-electron chi connectivity index (χ4n) is 2.46. The van der Waals surface area contributed by atoms with Gasteiger partial charge in [-0.25, -0.2) is 4.79 Å². The smallest absolute Gasteiger partial charge is 0.337 e. The van der Waals surface area contributed by atoms with Gasteiger partial charge in [0.1, 0.15) is 0 Å². The number of benzene rings is 1. The van der Waals surface area contributed by atoms with E-state index >= 15 is 0 Å². The Morgan fingerprint density at radius 3 is 2.58 bits per heavy atom. The molecule has 1 fully saturated rings. The number of carboxylic acids is 1. The normalized spacial score (nSPS) is 22.2. The molecule has 2 atom stereocenters. The van der Waals surface area contributed by atoms with Gasteiger partial charge in [-0.3, -0.25) is 4.79 Å². The van der Waals surface area contributed by atoms with Gasteiger partial charge in [-0.05, 0) is 24.6 Å². The number of carbonyl (C=O) groups is 2. The summed E-state index contributed by atoms with van der Waals surface area (Å²) >= 11 is 0. The van der Waals surface area contributed by atoms with Gasteiger partial charge in [-0.15, -0.1) is 0 Å². The first-order valence-electron chi connectivity index (χ1n) is 6.33. The maximum absolute atomic E-state index is 12.4. The van der Waals surface area contributed by atoms with Crippen molar-refractivity contribution < 1.29 is 14.7 Å². The summed E-state index contributed by atoms with van der Waals surface area (Å²) in [6, 6.07) is 6.57. The highest BCUT2D eigenvalue weighted by Gasteiger charge is 2.32. The van der Waals surface area contributed by atoms with Crippen LogP contribution in [-0.2, 0) is 4.79 Å². The molecule has 19 heavy (non-hydrogen) atoms. The number of hydrogen-bond donors (Lipinski definition) is 2. The largest absolute Gasteiger partial charge is 0.478 e. The number of carbonyl (C=O) groups excluding carboxylic acids is 1. The minimum Gasteiger partial charge on any atom is -0.478 e. The average Bonchev–Trinajstić information content (AvgIpc) is 2.83. The lowest BCUT2D eigenvalue weighted by Gasteiger charge is -2.24. The highest BCUT2D eigenvalue weighted by atomic mass is 16.4. The van der Waals surface area contributed by atoms with Gasteiger partial charge in [0.05, 0.1) is 17.2 Å². The quantitative estimate of drug-likeness (QED) is 0.859. The van der Waals surface area contributed by atoms with Crippen LogP contribution >= 0.6 is 0 Å². The van der Waals surface area contributed by atoms with E-state index in [0.717, 1.165) is 6.54 Å². The van der Waals surface area contributed by atoms with Crippen LogP contribution in [0.1, 0.15) is 17.3 Å². The predicted molar refractivity (Wildman–Crippen MR) is 72.3 cm³/mol. The molecular formula is C14H18N2O3. The van der Waals surface area contributed by atoms with Gasteiger partial charge in [-0.2, -0.15) is 0 Å². The molecule has 2 rings (SSSR count). The van der Waals surface area contributed by atoms with E-state index in [9.17, 15) is 9.59 Å². The lowest BCUT2D eigenvalue weighted by Crippen LogP contribution is -2.36. The Morgan fingerprint density at radius 2 is 2.00 bits per heavy atom. The SMILES string of the molecule is C[C@@H]1CNC[C@H]1C(=O)N(C)c1ccccc1C(=O)O. The van der Waals surface area contributed by atoms with Crippen molar-refractivity contribution in [2.45, 2.75) is 6.92 Å². The van der Waals surface area contributed by atoms with Crippen molar-refractivity contribution in [2.75, 3.05) is 25.0 Å². The minimum atomic E-state index is -1.02. The molecule has 0 saturated carbocycles. The van der Waals surface area contributed by atoms with E-state index < -0.39 is 5.97 Å². The molecule has 1 saturated heterocycles. The van der Waals surface area contributed by atoms with Gasteiger partial charge in [0.25, 0.3) is 0 Å². The molecule has 1 heterocycles. The molecule has 102 valence electrons. The Labute approximate surface area is 112 Å². The van der Waals surface area contributed by atoms with Crippen LogP contribution in [-0.4, -0.2) is 37.1 Å². The summed E-state index contributed by atoms with van der Waals surface area (Å²) in [6.45, 7) is 3.50. The van der Waals surface area contributed by atoms with Crippen LogP contribution in [0.25, 0.3) is 0 Å². The molecule has 1 aliphatic heterocycles. The average molecular weight is 262 g/mol. The first kappa shape index (κ1) is 13.5. The van der Waals surface area contributed by atoms with E-state index in [0.29, 0.717) is 12.2 Å². The molecule has 5 heteroatoms. The van der Waals surface area contributed by atoms with E-state index in [-0.39, 0.29) is 23.3 Å². The van der Waals surface area contributed by atoms with Gasteiger partial charge in [0, 0.05) is 13.6 Å². The molecule has 0 aromatic heterocycles. The van der Waals surface area contributed by atoms with Crippen molar-refractivity contribution in [1.29, 1.82) is 0 Å². The highest BCUT2D eigenvalue weighted by Crippen LogP contribution is 2.24. The second-order valence-electron chi connectivity index (χ2n) is 4.96. The van der Waals surface area contributed by atoms with E-state index in [1.165, 1.54) is 11.0 Å². The number of hydrogen-bond acceptors (Lipinski definition) is 3. The first-order chi connectivity index (χ1) is 9.02. The molecule has 1 amide bonds. The molecule has 0 aliphatic carbocycles. The fourth-order valence-corrected chi connectivity index (χ4v) is 2.46. The van der Waals surface area contributed by atoms with E-state index in [1.54, 1.807) is 25.2 Å². The topological polar surface area (TPSA) is 69.6 Å². The molecule has 1 aromatic carbocycles. The fraction of sp³-hybridized carbons (Fsp3) is 0.429. The number of carboxylic acid groups (broad SMARTS) is 1. The van der Waals surface area contributed by atoms with Gasteiger partial charge in [-0.1, -0.05) is 19.1 Å². The second-order valence-corrected chi connectivity index (χ2v) is 4.96. The standard InChI is InChI=1S/C14H18N2O3/c1-9-7-15-8-11(9)13(17)16(2)12-6-4-3-5-10(12)14(18)19/h3-6,9,11,15H,7-8H2,1-2H3,(H,18,19)/t9-,11-/m1/s1. The lowest BCUT2D eigenvalue weighted by atomic mass is 9.96. The maximum Gasteiger partial charge on any atom is 0.337 e. The van der Waals surface area contributed by atoms with Crippen LogP contribution < -0.4 is 10.2 Å². The molecule has 1 aromatic rings. The van der Waals surface area contributed by atoms with Gasteiger partial charge < -0.3 is 15.3 Å². The molecule has 0 bridgehead atoms. The number of rotatable bonds is 3. The third-order valence-electron chi connectivity index (χ3n) is 3.66. The summed E-state index contributed by atoms with van der Waals surface area (Å²) in [4.78, 5) is 25.1. The molecular weight excluding hydrogens is 244 g/mol. The number of para-hydroxylation sites is 1. The third-order valence-corrected chi connectivity index (χ3v) is 3.66. The number of aromatic carboxylic acids is 1. The number of nitrogens with zero attached hydrogens (tertiary/aromatic N) is 1. The highest BCUT2D eigenvalue weighted by molar-refractivity contribution is 6.02. The Bertz CT molecular complexity index is 501. The molecule has 5 nitrogen and oxygen atoms in total. The van der Waals surface area contributed by atoms with Crippen LogP contribution in [0.4, 0.5) is 5.69 Å². The van der Waals surface area contributed by atoms with Crippen molar-refractivity contribution in [3.63, 3.8) is 0 Å². The number of nitrogens with one attached hydrogen (secondary N) is 1. The lowest BCUT2D eigenvalue weighted by molar-refractivity contribution is -0.122. The monoisotopic (exact) mass is 262 g/mol. The maximum atomic E-state index is 12.4. The second kappa shape index (κ2) is 5.40. The first-order valence-corrected chi connectivity index (χ1v) is 6.33. The Kier molecular flexibility index (Phi) is 3.85. The Morgan fingerprint density at radius 1 is 1.32 bits per heavy atom. The molecule has 2 N–H and O–H groups in total. The van der Waals surface area contributed by atoms with Crippen LogP contribution in [0.5, 0.6) is 0 Å². The van der Waals surface area contributed by atoms with E-state index in [2.05, 4.69) is 5.32 Å². The van der Waals surface area contributed by atoms with Gasteiger partial charge in [0.2, 0.25) is 5.91 Å². The van der Waals surface area contributed by atoms with Crippen LogP contribution in [0.2, 0.25) is 0 Å². The van der Waals surface area contributed by atoms with E-state index in [4.69, 9.17) is 5.11 Å². The molecule has 0 radical (unpaired) electrons. The van der Waals surface area contributed by atoms with E-state index in [1.807, 2.05) is 6.92 Å². The van der Waals surface area contributed by atoms with Crippen molar-refractivity contribution in [3.05, 3.63) is 29.8 Å².